The lowest BCUT2D eigenvalue weighted by Crippen LogP contribution is -2.47. The van der Waals surface area contributed by atoms with E-state index in [1.165, 1.54) is 6.07 Å². The molecule has 0 aromatic heterocycles. The summed E-state index contributed by atoms with van der Waals surface area (Å²) in [6.45, 7) is 3.23. The molecule has 0 bridgehead atoms. The lowest BCUT2D eigenvalue weighted by Gasteiger charge is -2.28. The number of fused-ring (bicyclic) bond motifs is 1. The fourth-order valence-electron chi connectivity index (χ4n) is 4.81. The van der Waals surface area contributed by atoms with Crippen molar-refractivity contribution in [2.45, 2.75) is 50.5 Å². The van der Waals surface area contributed by atoms with Crippen LogP contribution >= 0.6 is 0 Å². The third-order valence-electron chi connectivity index (χ3n) is 6.81. The van der Waals surface area contributed by atoms with Crippen LogP contribution in [0.1, 0.15) is 30.4 Å². The molecule has 2 aliphatic heterocycles. The van der Waals surface area contributed by atoms with Gasteiger partial charge in [-0.05, 0) is 30.9 Å². The minimum Gasteiger partial charge on any atom is -0.477 e. The molecule has 2 aromatic rings. The molecule has 8 heteroatoms. The largest absolute Gasteiger partial charge is 0.477 e. The van der Waals surface area contributed by atoms with Gasteiger partial charge < -0.3 is 19.7 Å². The zero-order chi connectivity index (χ0) is 24.2. The molecule has 186 valence electrons. The Kier molecular flexibility index (Phi) is 7.29. The lowest BCUT2D eigenvalue weighted by molar-refractivity contribution is -0.134. The van der Waals surface area contributed by atoms with Crippen LogP contribution in [0.2, 0.25) is 0 Å². The second-order valence-corrected chi connectivity index (χ2v) is 9.60. The van der Waals surface area contributed by atoms with Gasteiger partial charge in [0.15, 0.2) is 17.7 Å². The maximum atomic E-state index is 13.9. The van der Waals surface area contributed by atoms with Gasteiger partial charge in [0.1, 0.15) is 0 Å². The Hall–Kier alpha value is -2.97. The zero-order valence-electron chi connectivity index (χ0n) is 19.8. The molecular formula is C27H32FN3O4. The molecule has 7 nitrogen and oxygen atoms in total. The summed E-state index contributed by atoms with van der Waals surface area (Å²) < 4.78 is 25.4. The average molecular weight is 482 g/mol. The summed E-state index contributed by atoms with van der Waals surface area (Å²) in [7, 11) is 0. The summed E-state index contributed by atoms with van der Waals surface area (Å²) in [6, 6.07) is 15.2. The summed E-state index contributed by atoms with van der Waals surface area (Å²) in [4.78, 5) is 30.0. The normalized spacial score (nSPS) is 22.1. The number of amides is 2. The van der Waals surface area contributed by atoms with Crippen molar-refractivity contribution in [3.05, 3.63) is 65.5 Å². The first-order valence-electron chi connectivity index (χ1n) is 12.5. The molecule has 0 spiro atoms. The number of carbonyl (C=O) groups is 2. The Bertz CT molecular complexity index is 1050. The molecule has 1 saturated carbocycles. The van der Waals surface area contributed by atoms with E-state index in [2.05, 4.69) is 22.3 Å². The van der Waals surface area contributed by atoms with Gasteiger partial charge in [0.25, 0.3) is 5.91 Å². The quantitative estimate of drug-likeness (QED) is 0.628. The van der Waals surface area contributed by atoms with Gasteiger partial charge in [0.05, 0.1) is 12.6 Å². The maximum Gasteiger partial charge on any atom is 0.261 e. The van der Waals surface area contributed by atoms with E-state index in [0.29, 0.717) is 50.8 Å². The SMILES string of the molecule is O=C(NCC1CN(CC(=O)N(Cc2ccccc2)C2CC2)CCCO1)C1Cc2cccc(F)c2O1. The van der Waals surface area contributed by atoms with Crippen molar-refractivity contribution >= 4 is 11.8 Å². The molecule has 5 rings (SSSR count). The van der Waals surface area contributed by atoms with Crippen LogP contribution < -0.4 is 10.1 Å². The molecule has 2 amide bonds. The van der Waals surface area contributed by atoms with E-state index >= 15 is 0 Å². The predicted molar refractivity (Wildman–Crippen MR) is 128 cm³/mol. The summed E-state index contributed by atoms with van der Waals surface area (Å²) in [5, 5.41) is 2.90. The van der Waals surface area contributed by atoms with Gasteiger partial charge in [-0.15, -0.1) is 0 Å². The van der Waals surface area contributed by atoms with Crippen LogP contribution in [-0.4, -0.2) is 72.6 Å². The van der Waals surface area contributed by atoms with Crippen LogP contribution in [0, 0.1) is 5.82 Å². The Morgan fingerprint density at radius 3 is 2.71 bits per heavy atom. The first-order chi connectivity index (χ1) is 17.1. The van der Waals surface area contributed by atoms with Crippen LogP contribution in [0.4, 0.5) is 4.39 Å². The third kappa shape index (κ3) is 6.00. The van der Waals surface area contributed by atoms with Crippen molar-refractivity contribution in [3.63, 3.8) is 0 Å². The first kappa shape index (κ1) is 23.8. The molecule has 1 saturated heterocycles. The maximum absolute atomic E-state index is 13.9. The Balaban J connectivity index is 1.12. The van der Waals surface area contributed by atoms with Gasteiger partial charge in [-0.1, -0.05) is 42.5 Å². The monoisotopic (exact) mass is 481 g/mol. The molecular weight excluding hydrogens is 449 g/mol. The zero-order valence-corrected chi connectivity index (χ0v) is 19.8. The van der Waals surface area contributed by atoms with Gasteiger partial charge in [-0.25, -0.2) is 4.39 Å². The topological polar surface area (TPSA) is 71.1 Å². The number of nitrogens with one attached hydrogen (secondary N) is 1. The second kappa shape index (κ2) is 10.7. The first-order valence-corrected chi connectivity index (χ1v) is 12.5. The van der Waals surface area contributed by atoms with Gasteiger partial charge in [-0.2, -0.15) is 0 Å². The molecule has 2 aromatic carbocycles. The number of hydrogen-bond donors (Lipinski definition) is 1. The van der Waals surface area contributed by atoms with E-state index < -0.39 is 11.9 Å². The van der Waals surface area contributed by atoms with Crippen molar-refractivity contribution in [2.24, 2.45) is 0 Å². The molecule has 1 N–H and O–H groups in total. The van der Waals surface area contributed by atoms with E-state index in [1.807, 2.05) is 23.1 Å². The van der Waals surface area contributed by atoms with Crippen LogP contribution in [0.15, 0.2) is 48.5 Å². The Morgan fingerprint density at radius 1 is 1.11 bits per heavy atom. The van der Waals surface area contributed by atoms with Crippen LogP contribution in [-0.2, 0) is 27.3 Å². The van der Waals surface area contributed by atoms with Crippen molar-refractivity contribution in [2.75, 3.05) is 32.8 Å². The highest BCUT2D eigenvalue weighted by Gasteiger charge is 2.34. The number of benzene rings is 2. The summed E-state index contributed by atoms with van der Waals surface area (Å²) >= 11 is 0. The highest BCUT2D eigenvalue weighted by molar-refractivity contribution is 5.82. The fraction of sp³-hybridized carbons (Fsp3) is 0.481. The molecule has 2 atom stereocenters. The van der Waals surface area contributed by atoms with E-state index in [-0.39, 0.29) is 23.7 Å². The number of rotatable bonds is 8. The Labute approximate surface area is 205 Å². The van der Waals surface area contributed by atoms with Crippen molar-refractivity contribution in [1.29, 1.82) is 0 Å². The standard InChI is InChI=1S/C27H32FN3O4/c28-23-9-4-8-20-14-24(35-26(20)23)27(33)29-15-22-17-30(12-5-13-34-22)18-25(32)31(21-10-11-21)16-19-6-2-1-3-7-19/h1-4,6-9,21-22,24H,5,10-18H2,(H,29,33). The summed E-state index contributed by atoms with van der Waals surface area (Å²) in [6.07, 6.45) is 2.35. The molecule has 35 heavy (non-hydrogen) atoms. The van der Waals surface area contributed by atoms with Gasteiger partial charge in [0.2, 0.25) is 5.91 Å². The highest BCUT2D eigenvalue weighted by atomic mass is 19.1. The lowest BCUT2D eigenvalue weighted by atomic mass is 10.1. The fourth-order valence-corrected chi connectivity index (χ4v) is 4.81. The summed E-state index contributed by atoms with van der Waals surface area (Å²) in [5.74, 6) is -0.421. The molecule has 3 aliphatic rings. The van der Waals surface area contributed by atoms with Gasteiger partial charge in [0, 0.05) is 50.8 Å². The second-order valence-electron chi connectivity index (χ2n) is 9.60. The van der Waals surface area contributed by atoms with E-state index in [9.17, 15) is 14.0 Å². The van der Waals surface area contributed by atoms with Crippen molar-refractivity contribution in [1.82, 2.24) is 15.1 Å². The number of carbonyl (C=O) groups excluding carboxylic acids is 2. The predicted octanol–water partition coefficient (Wildman–Crippen LogP) is 2.53. The van der Waals surface area contributed by atoms with Crippen LogP contribution in [0.5, 0.6) is 5.75 Å². The number of halogens is 1. The van der Waals surface area contributed by atoms with Crippen molar-refractivity contribution < 1.29 is 23.5 Å². The highest BCUT2D eigenvalue weighted by Crippen LogP contribution is 2.31. The number of hydrogen-bond acceptors (Lipinski definition) is 5. The molecule has 2 unspecified atom stereocenters. The minimum absolute atomic E-state index is 0.139. The van der Waals surface area contributed by atoms with E-state index in [1.54, 1.807) is 12.1 Å². The Morgan fingerprint density at radius 2 is 1.94 bits per heavy atom. The van der Waals surface area contributed by atoms with Crippen molar-refractivity contribution in [3.8, 4) is 5.75 Å². The number of para-hydroxylation sites is 1. The molecule has 1 aliphatic carbocycles. The van der Waals surface area contributed by atoms with Gasteiger partial charge in [-0.3, -0.25) is 14.5 Å². The molecule has 2 fully saturated rings. The third-order valence-corrected chi connectivity index (χ3v) is 6.81. The number of nitrogens with zero attached hydrogens (tertiary/aromatic N) is 2. The van der Waals surface area contributed by atoms with Crippen LogP contribution in [0.3, 0.4) is 0 Å². The number of ether oxygens (including phenoxy) is 2. The molecule has 0 radical (unpaired) electrons. The van der Waals surface area contributed by atoms with E-state index in [0.717, 1.165) is 31.4 Å². The van der Waals surface area contributed by atoms with E-state index in [4.69, 9.17) is 9.47 Å². The minimum atomic E-state index is -0.740. The summed E-state index contributed by atoms with van der Waals surface area (Å²) in [5.41, 5.74) is 1.85. The van der Waals surface area contributed by atoms with Gasteiger partial charge >= 0.3 is 0 Å². The average Bonchev–Trinajstić information content (AvgIpc) is 3.64. The smallest absolute Gasteiger partial charge is 0.261 e. The van der Waals surface area contributed by atoms with Crippen LogP contribution in [0.25, 0.3) is 0 Å². The molecule has 2 heterocycles.